The Balaban J connectivity index is 3.21. The number of aldehydes is 1. The van der Waals surface area contributed by atoms with Crippen molar-refractivity contribution in [2.45, 2.75) is 13.3 Å². The second-order valence-electron chi connectivity index (χ2n) is 3.03. The molecule has 0 aromatic heterocycles. The Bertz CT molecular complexity index is 372. The topological polar surface area (TPSA) is 26.3 Å². The molecule has 0 N–H and O–H groups in total. The number of carbonyl (C=O) groups is 1. The van der Waals surface area contributed by atoms with Crippen molar-refractivity contribution >= 4 is 22.2 Å². The van der Waals surface area contributed by atoms with Crippen molar-refractivity contribution in [2.75, 3.05) is 6.61 Å². The van der Waals surface area contributed by atoms with Gasteiger partial charge in [0.05, 0.1) is 11.1 Å². The third-order valence-corrected chi connectivity index (χ3v) is 2.52. The highest BCUT2D eigenvalue weighted by Gasteiger charge is 2.09. The first-order chi connectivity index (χ1) is 7.22. The van der Waals surface area contributed by atoms with Gasteiger partial charge in [0.2, 0.25) is 0 Å². The molecule has 80 valence electrons. The van der Waals surface area contributed by atoms with Crippen LogP contribution in [-0.2, 0) is 6.42 Å². The van der Waals surface area contributed by atoms with Gasteiger partial charge in [0, 0.05) is 5.56 Å². The molecule has 15 heavy (non-hydrogen) atoms. The molecule has 0 heterocycles. The summed E-state index contributed by atoms with van der Waals surface area (Å²) in [5.41, 5.74) is 1.62. The number of halogens is 1. The summed E-state index contributed by atoms with van der Waals surface area (Å²) in [6, 6.07) is 3.58. The van der Waals surface area contributed by atoms with Crippen molar-refractivity contribution in [3.8, 4) is 5.75 Å². The number of carbonyl (C=O) groups excluding carboxylic acids is 1. The van der Waals surface area contributed by atoms with E-state index >= 15 is 0 Å². The van der Waals surface area contributed by atoms with Gasteiger partial charge in [0.25, 0.3) is 0 Å². The molecule has 0 bridgehead atoms. The Hall–Kier alpha value is -1.09. The van der Waals surface area contributed by atoms with Crippen LogP contribution in [0.25, 0.3) is 0 Å². The highest BCUT2D eigenvalue weighted by atomic mass is 79.9. The van der Waals surface area contributed by atoms with Crippen LogP contribution in [0.2, 0.25) is 0 Å². The summed E-state index contributed by atoms with van der Waals surface area (Å²) in [5.74, 6) is 0.794. The normalized spacial score (nSPS) is 9.73. The molecule has 1 aromatic rings. The first kappa shape index (κ1) is 12.0. The zero-order valence-corrected chi connectivity index (χ0v) is 10.2. The van der Waals surface area contributed by atoms with Gasteiger partial charge in [-0.1, -0.05) is 6.08 Å². The summed E-state index contributed by atoms with van der Waals surface area (Å²) in [4.78, 5) is 10.7. The van der Waals surface area contributed by atoms with Crippen LogP contribution < -0.4 is 4.74 Å². The van der Waals surface area contributed by atoms with Gasteiger partial charge in [0.1, 0.15) is 12.0 Å². The molecule has 1 rings (SSSR count). The van der Waals surface area contributed by atoms with Gasteiger partial charge in [-0.25, -0.2) is 0 Å². The second kappa shape index (κ2) is 5.71. The Morgan fingerprint density at radius 3 is 2.80 bits per heavy atom. The standard InChI is InChI=1S/C12H13BrO2/c1-3-5-10-6-9(8-14)7-11(13)12(10)15-4-2/h3,6-8H,1,4-5H2,2H3. The maximum absolute atomic E-state index is 10.7. The van der Waals surface area contributed by atoms with E-state index in [-0.39, 0.29) is 0 Å². The first-order valence-electron chi connectivity index (χ1n) is 4.74. The summed E-state index contributed by atoms with van der Waals surface area (Å²) >= 11 is 3.39. The molecule has 1 aromatic carbocycles. The van der Waals surface area contributed by atoms with Gasteiger partial charge in [0.15, 0.2) is 0 Å². The van der Waals surface area contributed by atoms with E-state index in [0.717, 1.165) is 22.1 Å². The van der Waals surface area contributed by atoms with Gasteiger partial charge >= 0.3 is 0 Å². The lowest BCUT2D eigenvalue weighted by Crippen LogP contribution is -1.98. The van der Waals surface area contributed by atoms with Crippen LogP contribution in [-0.4, -0.2) is 12.9 Å². The zero-order chi connectivity index (χ0) is 11.3. The molecule has 0 aliphatic rings. The Kier molecular flexibility index (Phi) is 4.56. The molecule has 0 aliphatic carbocycles. The fourth-order valence-corrected chi connectivity index (χ4v) is 1.99. The SMILES string of the molecule is C=CCc1cc(C=O)cc(Br)c1OCC. The summed E-state index contributed by atoms with van der Waals surface area (Å²) in [5, 5.41) is 0. The smallest absolute Gasteiger partial charge is 0.150 e. The highest BCUT2D eigenvalue weighted by molar-refractivity contribution is 9.10. The number of hydrogen-bond acceptors (Lipinski definition) is 2. The molecule has 0 saturated carbocycles. The molecule has 0 atom stereocenters. The molecule has 0 aliphatic heterocycles. The van der Waals surface area contributed by atoms with E-state index in [1.165, 1.54) is 0 Å². The largest absolute Gasteiger partial charge is 0.492 e. The minimum absolute atomic E-state index is 0.600. The van der Waals surface area contributed by atoms with E-state index in [9.17, 15) is 4.79 Å². The van der Waals surface area contributed by atoms with E-state index < -0.39 is 0 Å². The average Bonchev–Trinajstić information content (AvgIpc) is 2.23. The molecule has 0 amide bonds. The van der Waals surface area contributed by atoms with Crippen LogP contribution in [0.15, 0.2) is 29.3 Å². The molecular weight excluding hydrogens is 256 g/mol. The lowest BCUT2D eigenvalue weighted by molar-refractivity contribution is 0.112. The van der Waals surface area contributed by atoms with E-state index in [2.05, 4.69) is 22.5 Å². The van der Waals surface area contributed by atoms with E-state index in [0.29, 0.717) is 18.6 Å². The van der Waals surface area contributed by atoms with Gasteiger partial charge in [-0.2, -0.15) is 0 Å². The zero-order valence-electron chi connectivity index (χ0n) is 8.63. The predicted molar refractivity (Wildman–Crippen MR) is 64.6 cm³/mol. The van der Waals surface area contributed by atoms with E-state index in [4.69, 9.17) is 4.74 Å². The number of benzene rings is 1. The minimum atomic E-state index is 0.600. The van der Waals surface area contributed by atoms with Crippen LogP contribution in [0, 0.1) is 0 Å². The monoisotopic (exact) mass is 268 g/mol. The molecule has 2 nitrogen and oxygen atoms in total. The number of allylic oxidation sites excluding steroid dienone is 1. The maximum Gasteiger partial charge on any atom is 0.150 e. The third-order valence-electron chi connectivity index (χ3n) is 1.93. The van der Waals surface area contributed by atoms with Crippen LogP contribution >= 0.6 is 15.9 Å². The third kappa shape index (κ3) is 2.93. The molecule has 0 spiro atoms. The lowest BCUT2D eigenvalue weighted by Gasteiger charge is -2.11. The van der Waals surface area contributed by atoms with Crippen LogP contribution in [0.1, 0.15) is 22.8 Å². The molecule has 0 saturated heterocycles. The quantitative estimate of drug-likeness (QED) is 0.605. The Morgan fingerprint density at radius 1 is 1.53 bits per heavy atom. The maximum atomic E-state index is 10.7. The minimum Gasteiger partial charge on any atom is -0.492 e. The molecule has 0 radical (unpaired) electrons. The van der Waals surface area contributed by atoms with E-state index in [1.807, 2.05) is 13.0 Å². The van der Waals surface area contributed by atoms with Crippen molar-refractivity contribution < 1.29 is 9.53 Å². The number of hydrogen-bond donors (Lipinski definition) is 0. The molecule has 0 fully saturated rings. The number of ether oxygens (including phenoxy) is 1. The van der Waals surface area contributed by atoms with Gasteiger partial charge < -0.3 is 4.74 Å². The second-order valence-corrected chi connectivity index (χ2v) is 3.89. The van der Waals surface area contributed by atoms with Crippen molar-refractivity contribution in [3.05, 3.63) is 40.4 Å². The lowest BCUT2D eigenvalue weighted by atomic mass is 10.1. The predicted octanol–water partition coefficient (Wildman–Crippen LogP) is 3.39. The Morgan fingerprint density at radius 2 is 2.27 bits per heavy atom. The fraction of sp³-hybridized carbons (Fsp3) is 0.250. The average molecular weight is 269 g/mol. The summed E-state index contributed by atoms with van der Waals surface area (Å²) in [6.07, 6.45) is 3.31. The Labute approximate surface area is 98.1 Å². The van der Waals surface area contributed by atoms with Gasteiger partial charge in [-0.3, -0.25) is 4.79 Å². The highest BCUT2D eigenvalue weighted by Crippen LogP contribution is 2.31. The van der Waals surface area contributed by atoms with Crippen molar-refractivity contribution in [2.24, 2.45) is 0 Å². The van der Waals surface area contributed by atoms with Gasteiger partial charge in [-0.15, -0.1) is 6.58 Å². The van der Waals surface area contributed by atoms with E-state index in [1.54, 1.807) is 12.1 Å². The van der Waals surface area contributed by atoms with Crippen molar-refractivity contribution in [3.63, 3.8) is 0 Å². The summed E-state index contributed by atoms with van der Waals surface area (Å²) in [7, 11) is 0. The molecule has 0 unspecified atom stereocenters. The van der Waals surface area contributed by atoms with Gasteiger partial charge in [-0.05, 0) is 47.0 Å². The first-order valence-corrected chi connectivity index (χ1v) is 5.53. The fourth-order valence-electron chi connectivity index (χ4n) is 1.35. The molecular formula is C12H13BrO2. The van der Waals surface area contributed by atoms with Crippen LogP contribution in [0.5, 0.6) is 5.75 Å². The summed E-state index contributed by atoms with van der Waals surface area (Å²) in [6.45, 7) is 6.21. The number of rotatable bonds is 5. The van der Waals surface area contributed by atoms with Crippen LogP contribution in [0.4, 0.5) is 0 Å². The van der Waals surface area contributed by atoms with Crippen molar-refractivity contribution in [1.29, 1.82) is 0 Å². The van der Waals surface area contributed by atoms with Crippen molar-refractivity contribution in [1.82, 2.24) is 0 Å². The summed E-state index contributed by atoms with van der Waals surface area (Å²) < 4.78 is 6.32. The van der Waals surface area contributed by atoms with Crippen LogP contribution in [0.3, 0.4) is 0 Å². The molecule has 3 heteroatoms.